The van der Waals surface area contributed by atoms with E-state index in [1.807, 2.05) is 78.9 Å². The molecule has 36 nitrogen and oxygen atoms in total. The number of ketones is 2. The molecule has 4 heterocycles. The van der Waals surface area contributed by atoms with E-state index in [0.29, 0.717) is 70.4 Å². The van der Waals surface area contributed by atoms with Crippen molar-refractivity contribution in [1.82, 2.24) is 20.9 Å². The molecule has 3 N–H and O–H groups in total. The van der Waals surface area contributed by atoms with Crippen molar-refractivity contribution in [3.63, 3.8) is 0 Å². The van der Waals surface area contributed by atoms with E-state index in [9.17, 15) is 47.9 Å². The van der Waals surface area contributed by atoms with Crippen LogP contribution in [0.4, 0.5) is 0 Å². The Morgan fingerprint density at radius 3 is 1.07 bits per heavy atom. The Balaban J connectivity index is 0.918. The molecule has 17 atom stereocenters. The van der Waals surface area contributed by atoms with Crippen LogP contribution in [-0.4, -0.2) is 319 Å². The summed E-state index contributed by atoms with van der Waals surface area (Å²) >= 11 is 0. The van der Waals surface area contributed by atoms with Gasteiger partial charge in [0.1, 0.15) is 54.6 Å². The van der Waals surface area contributed by atoms with Crippen molar-refractivity contribution in [1.29, 1.82) is 0 Å². The fraction of sp³-hybridized carbons (Fsp3) is 0.741. The van der Waals surface area contributed by atoms with Crippen molar-refractivity contribution in [2.24, 2.45) is 58.7 Å². The average molecular weight is 2040 g/mol. The Kier molecular flexibility index (Phi) is 58.8. The highest BCUT2D eigenvalue weighted by molar-refractivity contribution is 5.82. The van der Waals surface area contributed by atoms with Crippen molar-refractivity contribution in [3.8, 4) is 11.5 Å². The van der Waals surface area contributed by atoms with Gasteiger partial charge in [0.05, 0.1) is 197 Å². The fourth-order valence-corrected chi connectivity index (χ4v) is 18.1. The summed E-state index contributed by atoms with van der Waals surface area (Å²) in [6.07, 6.45) is 4.17. The summed E-state index contributed by atoms with van der Waals surface area (Å²) in [5.41, 5.74) is 0.199. The zero-order valence-corrected chi connectivity index (χ0v) is 88.4. The SMILES string of the molecule is COc1ccc(C(OC[C@@H]2C[C@@H](OC(=O)CCC(C)=O)CN2C(=O)CCCCCCCCCCC(=O)CC(COCCC(=O)NCCOCCOCCOC2OC(COC(C)=O)C(C)C(C)C2C)(COCCC(=O)NCCOCCOCCOC2OC(COC(C)=O)C(C)C(C)C2C)COCCC(=O)NCCOCCOCCOC2OC(COC(C)=O)C(C)C(C)C2C)(c2ccccc2)c2ccc(OC)cc2)cc1. The molecule has 814 valence electrons. The summed E-state index contributed by atoms with van der Waals surface area (Å²) in [5.74, 6) is 0.263. The predicted molar refractivity (Wildman–Crippen MR) is 533 cm³/mol. The number of methoxy groups -OCH3 is 2. The number of Topliss-reactive ketones (excluding diaryl/α,β-unsaturated/α-hetero) is 2. The van der Waals surface area contributed by atoms with Crippen LogP contribution in [0.3, 0.4) is 0 Å². The maximum Gasteiger partial charge on any atom is 0.306 e. The lowest BCUT2D eigenvalue weighted by Gasteiger charge is -2.43. The maximum absolute atomic E-state index is 14.5. The summed E-state index contributed by atoms with van der Waals surface area (Å²) in [5, 5.41) is 8.61. The van der Waals surface area contributed by atoms with E-state index < -0.39 is 48.0 Å². The number of nitrogens with zero attached hydrogens (tertiary/aromatic N) is 1. The molecule has 0 spiro atoms. The molecule has 36 heteroatoms. The molecular weight excluding hydrogens is 1870 g/mol. The Morgan fingerprint density at radius 1 is 0.361 bits per heavy atom. The van der Waals surface area contributed by atoms with Crippen LogP contribution in [0.1, 0.15) is 216 Å². The van der Waals surface area contributed by atoms with Crippen LogP contribution in [0.25, 0.3) is 0 Å². The smallest absolute Gasteiger partial charge is 0.306 e. The number of esters is 4. The summed E-state index contributed by atoms with van der Waals surface area (Å²) in [6.45, 7) is 29.6. The minimum absolute atomic E-state index is 0.0260. The first-order chi connectivity index (χ1) is 69.4. The molecule has 4 aliphatic heterocycles. The van der Waals surface area contributed by atoms with Crippen LogP contribution in [0.2, 0.25) is 0 Å². The van der Waals surface area contributed by atoms with Crippen molar-refractivity contribution in [2.75, 3.05) is 206 Å². The summed E-state index contributed by atoms with van der Waals surface area (Å²) in [6, 6.07) is 24.8. The molecule has 144 heavy (non-hydrogen) atoms. The van der Waals surface area contributed by atoms with Crippen LogP contribution in [0.5, 0.6) is 11.5 Å². The topological polar surface area (TPSA) is 413 Å². The summed E-state index contributed by atoms with van der Waals surface area (Å²) < 4.78 is 130. The molecule has 3 aromatic rings. The molecule has 0 saturated carbocycles. The number of benzene rings is 3. The van der Waals surface area contributed by atoms with Gasteiger partial charge in [-0.3, -0.25) is 43.2 Å². The Bertz CT molecular complexity index is 3890. The number of nitrogens with one attached hydrogen (secondary N) is 3. The number of rotatable bonds is 76. The van der Waals surface area contributed by atoms with Gasteiger partial charge in [-0.1, -0.05) is 155 Å². The maximum atomic E-state index is 14.5. The number of carbonyl (C=O) groups is 10. The average Bonchev–Trinajstić information content (AvgIpc) is 0.958. The minimum atomic E-state index is -1.17. The largest absolute Gasteiger partial charge is 0.497 e. The van der Waals surface area contributed by atoms with E-state index in [1.54, 1.807) is 19.1 Å². The molecule has 4 aliphatic rings. The first-order valence-corrected chi connectivity index (χ1v) is 52.1. The third-order valence-electron chi connectivity index (χ3n) is 27.8. The van der Waals surface area contributed by atoms with Gasteiger partial charge in [-0.15, -0.1) is 0 Å². The highest BCUT2D eigenvalue weighted by Gasteiger charge is 2.46. The lowest BCUT2D eigenvalue weighted by atomic mass is 9.79. The monoisotopic (exact) mass is 2040 g/mol. The van der Waals surface area contributed by atoms with Gasteiger partial charge in [-0.25, -0.2) is 0 Å². The van der Waals surface area contributed by atoms with Crippen LogP contribution in [0, 0.1) is 58.7 Å². The van der Waals surface area contributed by atoms with E-state index in [0.717, 1.165) is 55.2 Å². The van der Waals surface area contributed by atoms with Crippen molar-refractivity contribution in [3.05, 3.63) is 95.6 Å². The highest BCUT2D eigenvalue weighted by Crippen LogP contribution is 2.44. The van der Waals surface area contributed by atoms with Crippen LogP contribution < -0.4 is 25.4 Å². The minimum Gasteiger partial charge on any atom is -0.497 e. The highest BCUT2D eigenvalue weighted by atomic mass is 16.7. The number of amides is 4. The van der Waals surface area contributed by atoms with Crippen LogP contribution >= 0.6 is 0 Å². The molecule has 15 unspecified atom stereocenters. The van der Waals surface area contributed by atoms with Gasteiger partial charge >= 0.3 is 23.9 Å². The second-order valence-corrected chi connectivity index (χ2v) is 38.6. The third-order valence-corrected chi connectivity index (χ3v) is 27.8. The number of unbranched alkanes of at least 4 members (excludes halogenated alkanes) is 7. The fourth-order valence-electron chi connectivity index (χ4n) is 18.1. The molecular formula is C108H170N4O32. The van der Waals surface area contributed by atoms with Gasteiger partial charge in [-0.2, -0.15) is 0 Å². The Morgan fingerprint density at radius 2 is 0.708 bits per heavy atom. The number of ether oxygens (including phenoxy) is 22. The lowest BCUT2D eigenvalue weighted by molar-refractivity contribution is -0.258. The summed E-state index contributed by atoms with van der Waals surface area (Å²) in [4.78, 5) is 130. The standard InChI is InChI=1S/C108H170N4O32/c1-75(113)31-40-103(122)141-95-65-91(68-140-108(88-27-23-22-24-28-88,89-32-36-93(123-14)37-33-89)90-34-38-94(124-15)39-35-90)112(67-95)102(121)30-26-21-19-17-16-18-20-25-29-92(117)66-107(72-131-47-41-99(118)109-44-50-125-53-56-128-59-62-134-104-82(8)76(2)79(5)96(142-104)69-137-85(11)114,73-132-48-42-100(119)110-45-51-126-54-57-129-60-63-135-105-83(9)77(3)80(6)97(143-105)70-138-86(12)115)74-133-49-43-101(120)111-46-52-127-55-58-130-61-64-136-106-84(10)78(4)81(7)98(144-106)71-139-87(13)116/h22-24,27-28,32-39,76-84,91,95-98,104-106H,16-21,25-26,29-31,40-74H2,1-15H3,(H,109,118)(H,110,119)(H,111,120)/t76?,77?,78?,79?,80?,81?,82?,83?,84?,91-,95+,96?,97?,98?,104?,105?,106?,107?/m0/s1. The van der Waals surface area contributed by atoms with Gasteiger partial charge in [0.15, 0.2) is 18.9 Å². The van der Waals surface area contributed by atoms with E-state index in [-0.39, 0.29) is 328 Å². The predicted octanol–water partition coefficient (Wildman–Crippen LogP) is 12.0. The molecule has 0 radical (unpaired) electrons. The number of likely N-dealkylation sites (tertiary alicyclic amines) is 1. The third kappa shape index (κ3) is 45.0. The van der Waals surface area contributed by atoms with Gasteiger partial charge in [-0.05, 0) is 96.2 Å². The lowest BCUT2D eigenvalue weighted by Crippen LogP contribution is -2.48. The van der Waals surface area contributed by atoms with E-state index >= 15 is 0 Å². The van der Waals surface area contributed by atoms with Gasteiger partial charge < -0.3 is 130 Å². The van der Waals surface area contributed by atoms with Gasteiger partial charge in [0.2, 0.25) is 23.6 Å². The number of carbonyl (C=O) groups excluding carboxylic acids is 10. The van der Waals surface area contributed by atoms with E-state index in [1.165, 1.54) is 27.7 Å². The first kappa shape index (κ1) is 123. The molecule has 3 aromatic carbocycles. The Hall–Kier alpha value is -8.28. The van der Waals surface area contributed by atoms with E-state index in [2.05, 4.69) is 78.3 Å². The molecule has 4 fully saturated rings. The molecule has 4 saturated heterocycles. The van der Waals surface area contributed by atoms with Gasteiger partial charge in [0, 0.05) is 115 Å². The zero-order chi connectivity index (χ0) is 104. The molecule has 0 bridgehead atoms. The summed E-state index contributed by atoms with van der Waals surface area (Å²) in [7, 11) is 3.22. The van der Waals surface area contributed by atoms with Crippen molar-refractivity contribution in [2.45, 2.75) is 254 Å². The first-order valence-electron chi connectivity index (χ1n) is 52.1. The second kappa shape index (κ2) is 69.1. The van der Waals surface area contributed by atoms with Crippen molar-refractivity contribution < 1.29 is 152 Å². The van der Waals surface area contributed by atoms with Crippen LogP contribution in [0.15, 0.2) is 78.9 Å². The molecule has 4 amide bonds. The quantitative estimate of drug-likeness (QED) is 0.0204. The molecule has 0 aromatic heterocycles. The zero-order valence-electron chi connectivity index (χ0n) is 88.4. The molecule has 7 rings (SSSR count). The van der Waals surface area contributed by atoms with Crippen LogP contribution in [-0.2, 0) is 148 Å². The number of hydrogen-bond donors (Lipinski definition) is 3. The normalized spacial score (nSPS) is 23.1. The van der Waals surface area contributed by atoms with Crippen molar-refractivity contribution >= 4 is 59.1 Å². The number of hydrogen-bond acceptors (Lipinski definition) is 32. The Labute approximate surface area is 853 Å². The second-order valence-electron chi connectivity index (χ2n) is 38.6. The molecule has 0 aliphatic carbocycles. The van der Waals surface area contributed by atoms with E-state index in [4.69, 9.17) is 104 Å². The van der Waals surface area contributed by atoms with Gasteiger partial charge in [0.25, 0.3) is 0 Å².